The van der Waals surface area contributed by atoms with E-state index in [4.69, 9.17) is 4.74 Å². The molecule has 0 spiro atoms. The fourth-order valence-corrected chi connectivity index (χ4v) is 7.56. The first-order valence-electron chi connectivity index (χ1n) is 12.1. The van der Waals surface area contributed by atoms with Gasteiger partial charge in [0, 0.05) is 41.9 Å². The zero-order valence-corrected chi connectivity index (χ0v) is 19.6. The molecule has 0 unspecified atom stereocenters. The number of hydrogen-bond donors (Lipinski definition) is 1. The highest BCUT2D eigenvalue weighted by atomic mass is 16.5. The molecule has 7 atom stereocenters. The van der Waals surface area contributed by atoms with Gasteiger partial charge in [0.2, 0.25) is 5.91 Å². The second-order valence-corrected chi connectivity index (χ2v) is 10.7. The first kappa shape index (κ1) is 21.6. The Morgan fingerprint density at radius 2 is 1.97 bits per heavy atom. The third-order valence-corrected chi connectivity index (χ3v) is 9.27. The third-order valence-electron chi connectivity index (χ3n) is 9.27. The van der Waals surface area contributed by atoms with Gasteiger partial charge in [-0.2, -0.15) is 0 Å². The number of nitrogens with zero attached hydrogens (tertiary/aromatic N) is 3. The minimum absolute atomic E-state index is 0.0211. The van der Waals surface area contributed by atoms with Crippen molar-refractivity contribution in [2.45, 2.75) is 65.0 Å². The van der Waals surface area contributed by atoms with Crippen LogP contribution in [-0.2, 0) is 4.79 Å². The van der Waals surface area contributed by atoms with Crippen molar-refractivity contribution in [2.24, 2.45) is 28.6 Å². The maximum absolute atomic E-state index is 12.3. The van der Waals surface area contributed by atoms with E-state index in [-0.39, 0.29) is 22.8 Å². The second kappa shape index (κ2) is 7.68. The number of amides is 1. The van der Waals surface area contributed by atoms with Crippen LogP contribution in [0.2, 0.25) is 0 Å². The van der Waals surface area contributed by atoms with E-state index in [1.54, 1.807) is 18.5 Å². The number of carbonyl (C=O) groups excluding carboxylic acids is 1. The lowest BCUT2D eigenvalue weighted by Crippen LogP contribution is -2.59. The Labute approximate surface area is 190 Å². The number of ether oxygens (including phenoxy) is 1. The lowest BCUT2D eigenvalue weighted by atomic mass is 9.48. The Balaban J connectivity index is 1.42. The smallest absolute Gasteiger partial charge is 0.316 e. The molecule has 172 valence electrons. The highest BCUT2D eigenvalue weighted by Crippen LogP contribution is 2.64. The maximum Gasteiger partial charge on any atom is 0.316 e. The zero-order chi connectivity index (χ0) is 22.7. The van der Waals surface area contributed by atoms with Crippen molar-refractivity contribution in [3.8, 4) is 6.01 Å². The van der Waals surface area contributed by atoms with E-state index < -0.39 is 6.10 Å². The van der Waals surface area contributed by atoms with Crippen LogP contribution in [0.1, 0.15) is 58.4 Å². The maximum atomic E-state index is 12.3. The molecule has 5 rings (SSSR count). The van der Waals surface area contributed by atoms with Gasteiger partial charge >= 0.3 is 6.01 Å². The summed E-state index contributed by atoms with van der Waals surface area (Å²) in [6.07, 6.45) is 14.4. The second-order valence-electron chi connectivity index (χ2n) is 10.7. The summed E-state index contributed by atoms with van der Waals surface area (Å²) < 4.78 is 5.35. The van der Waals surface area contributed by atoms with Crippen molar-refractivity contribution in [2.75, 3.05) is 13.7 Å². The van der Waals surface area contributed by atoms with E-state index in [0.717, 1.165) is 43.2 Å². The van der Waals surface area contributed by atoms with E-state index in [9.17, 15) is 9.90 Å². The fraction of sp³-hybridized carbons (Fsp3) is 0.654. The number of carbonyl (C=O) groups is 1. The van der Waals surface area contributed by atoms with Gasteiger partial charge < -0.3 is 14.7 Å². The van der Waals surface area contributed by atoms with Crippen molar-refractivity contribution in [1.82, 2.24) is 14.9 Å². The normalized spacial score (nSPS) is 41.9. The molecule has 6 heteroatoms. The van der Waals surface area contributed by atoms with Crippen LogP contribution < -0.4 is 4.74 Å². The van der Waals surface area contributed by atoms with E-state index >= 15 is 0 Å². The third kappa shape index (κ3) is 3.13. The van der Waals surface area contributed by atoms with Gasteiger partial charge in [0.1, 0.15) is 0 Å². The van der Waals surface area contributed by atoms with Gasteiger partial charge in [-0.1, -0.05) is 26.0 Å². The van der Waals surface area contributed by atoms with Crippen LogP contribution in [0.15, 0.2) is 30.1 Å². The predicted molar refractivity (Wildman–Crippen MR) is 123 cm³/mol. The molecule has 4 aliphatic rings. The summed E-state index contributed by atoms with van der Waals surface area (Å²) in [5, 5.41) is 11.4. The molecule has 1 aromatic rings. The molecule has 3 fully saturated rings. The molecule has 1 aliphatic heterocycles. The van der Waals surface area contributed by atoms with Gasteiger partial charge in [-0.3, -0.25) is 4.79 Å². The van der Waals surface area contributed by atoms with Crippen LogP contribution in [0.25, 0.3) is 6.08 Å². The van der Waals surface area contributed by atoms with Gasteiger partial charge in [-0.15, -0.1) is 0 Å². The number of rotatable bonds is 3. The van der Waals surface area contributed by atoms with Gasteiger partial charge in [-0.05, 0) is 68.4 Å². The largest absolute Gasteiger partial charge is 0.464 e. The predicted octanol–water partition coefficient (Wildman–Crippen LogP) is 3.87. The van der Waals surface area contributed by atoms with Crippen LogP contribution >= 0.6 is 0 Å². The highest BCUT2D eigenvalue weighted by molar-refractivity contribution is 5.89. The summed E-state index contributed by atoms with van der Waals surface area (Å²) >= 11 is 0. The van der Waals surface area contributed by atoms with Gasteiger partial charge in [0.15, 0.2) is 0 Å². The molecule has 3 aliphatic carbocycles. The summed E-state index contributed by atoms with van der Waals surface area (Å²) in [6, 6.07) is 0.673. The van der Waals surface area contributed by atoms with E-state index in [1.165, 1.54) is 0 Å². The number of aliphatic hydroxyl groups excluding tert-OH is 1. The van der Waals surface area contributed by atoms with Crippen molar-refractivity contribution < 1.29 is 14.6 Å². The fourth-order valence-electron chi connectivity index (χ4n) is 7.56. The van der Waals surface area contributed by atoms with Crippen LogP contribution in [0.5, 0.6) is 6.01 Å². The summed E-state index contributed by atoms with van der Waals surface area (Å²) in [4.78, 5) is 22.8. The zero-order valence-electron chi connectivity index (χ0n) is 19.6. The average molecular weight is 438 g/mol. The van der Waals surface area contributed by atoms with Crippen molar-refractivity contribution in [3.63, 3.8) is 0 Å². The number of aromatic nitrogens is 2. The molecule has 2 heterocycles. The van der Waals surface area contributed by atoms with Gasteiger partial charge in [-0.25, -0.2) is 9.97 Å². The van der Waals surface area contributed by atoms with Crippen molar-refractivity contribution in [1.29, 1.82) is 0 Å². The SMILES string of the molecule is CCOc1ncc(/C=C2/C[C@H]3[C@@H]4CC[C@H]5N(C)C(=O)C=C[C@]5(C)[C@H]4CC[C@]3(C)[C@H]2O)cn1. The highest BCUT2D eigenvalue weighted by Gasteiger charge is 2.61. The topological polar surface area (TPSA) is 75.5 Å². The van der Waals surface area contributed by atoms with E-state index in [2.05, 4.69) is 36.0 Å². The van der Waals surface area contributed by atoms with E-state index in [1.807, 2.05) is 18.9 Å². The molecule has 0 saturated heterocycles. The summed E-state index contributed by atoms with van der Waals surface area (Å²) in [5.41, 5.74) is 1.94. The van der Waals surface area contributed by atoms with Crippen molar-refractivity contribution >= 4 is 12.0 Å². The molecule has 1 aromatic heterocycles. The number of aliphatic hydroxyl groups is 1. The molecule has 1 amide bonds. The Kier molecular flexibility index (Phi) is 5.19. The van der Waals surface area contributed by atoms with Crippen LogP contribution in [0, 0.1) is 28.6 Å². The number of hydrogen-bond acceptors (Lipinski definition) is 5. The lowest BCUT2D eigenvalue weighted by Gasteiger charge is -2.59. The first-order chi connectivity index (χ1) is 15.3. The minimum Gasteiger partial charge on any atom is -0.464 e. The summed E-state index contributed by atoms with van der Waals surface area (Å²) in [5.74, 6) is 1.70. The molecular weight excluding hydrogens is 402 g/mol. The Hall–Kier alpha value is -2.21. The van der Waals surface area contributed by atoms with Gasteiger partial charge in [0.25, 0.3) is 0 Å². The van der Waals surface area contributed by atoms with Crippen molar-refractivity contribution in [3.05, 3.63) is 35.7 Å². The summed E-state index contributed by atoms with van der Waals surface area (Å²) in [6.45, 7) is 7.10. The minimum atomic E-state index is -0.434. The first-order valence-corrected chi connectivity index (χ1v) is 12.1. The van der Waals surface area contributed by atoms with Gasteiger partial charge in [0.05, 0.1) is 12.7 Å². The van der Waals surface area contributed by atoms with E-state index in [0.29, 0.717) is 30.4 Å². The molecule has 32 heavy (non-hydrogen) atoms. The molecule has 3 saturated carbocycles. The molecule has 0 bridgehead atoms. The molecular formula is C26H35N3O3. The summed E-state index contributed by atoms with van der Waals surface area (Å²) in [7, 11) is 1.96. The molecule has 6 nitrogen and oxygen atoms in total. The Bertz CT molecular complexity index is 958. The average Bonchev–Trinajstić information content (AvgIpc) is 3.03. The number of likely N-dealkylation sites (N-methyl/N-ethyl adjacent to an activating group) is 1. The standard InChI is InChI=1S/C26H35N3O3/c1-5-32-24-27-14-16(15-28-24)12-17-13-20-18-6-7-21-25(2,11-9-22(30)29(21)4)19(18)8-10-26(20,3)23(17)31/h9,11-12,14-15,18-21,23,31H,5-8,10,13H2,1-4H3/b17-12-/t18-,19+,20+,21-,23+,25-,26+/m1/s1. The molecule has 0 aromatic carbocycles. The van der Waals surface area contributed by atoms with Crippen LogP contribution in [0.4, 0.5) is 0 Å². The lowest BCUT2D eigenvalue weighted by molar-refractivity contribution is -0.140. The Morgan fingerprint density at radius 3 is 2.69 bits per heavy atom. The molecule has 0 radical (unpaired) electrons. The number of fused-ring (bicyclic) bond motifs is 5. The Morgan fingerprint density at radius 1 is 1.22 bits per heavy atom. The van der Waals surface area contributed by atoms with Crippen LogP contribution in [0.3, 0.4) is 0 Å². The van der Waals surface area contributed by atoms with Crippen LogP contribution in [-0.4, -0.2) is 51.7 Å². The quantitative estimate of drug-likeness (QED) is 0.777. The molecule has 1 N–H and O–H groups in total. The monoisotopic (exact) mass is 437 g/mol.